The molecule has 4 nitrogen and oxygen atoms in total. The first-order chi connectivity index (χ1) is 11.2. The van der Waals surface area contributed by atoms with E-state index in [-0.39, 0.29) is 29.0 Å². The highest BCUT2D eigenvalue weighted by Crippen LogP contribution is 2.70. The Morgan fingerprint density at radius 1 is 1.17 bits per heavy atom. The minimum Gasteiger partial charge on any atom is -0.392 e. The van der Waals surface area contributed by atoms with Crippen molar-refractivity contribution >= 4 is 12.1 Å². The van der Waals surface area contributed by atoms with Crippen LogP contribution in [-0.2, 0) is 9.59 Å². The number of hydrogen-bond donors (Lipinski definition) is 2. The van der Waals surface area contributed by atoms with Gasteiger partial charge in [0.2, 0.25) is 0 Å². The summed E-state index contributed by atoms with van der Waals surface area (Å²) in [5, 5.41) is 22.1. The van der Waals surface area contributed by atoms with Crippen LogP contribution in [0, 0.1) is 34.0 Å². The molecule has 4 aliphatic rings. The van der Waals surface area contributed by atoms with Gasteiger partial charge in [0.25, 0.3) is 0 Å². The second-order valence-corrected chi connectivity index (χ2v) is 9.26. The lowest BCUT2D eigenvalue weighted by Gasteiger charge is -2.64. The topological polar surface area (TPSA) is 74.6 Å². The number of hydrogen-bond acceptors (Lipinski definition) is 4. The zero-order valence-electron chi connectivity index (χ0n) is 14.6. The van der Waals surface area contributed by atoms with Crippen LogP contribution in [0.4, 0.5) is 0 Å². The molecule has 0 aromatic carbocycles. The summed E-state index contributed by atoms with van der Waals surface area (Å²) in [5.74, 6) is -0.332. The number of aldehydes is 1. The van der Waals surface area contributed by atoms with Crippen LogP contribution in [0.2, 0.25) is 0 Å². The van der Waals surface area contributed by atoms with Crippen molar-refractivity contribution in [3.63, 3.8) is 0 Å². The van der Waals surface area contributed by atoms with Gasteiger partial charge < -0.3 is 15.0 Å². The molecule has 0 amide bonds. The van der Waals surface area contributed by atoms with E-state index < -0.39 is 23.0 Å². The van der Waals surface area contributed by atoms with Gasteiger partial charge in [0.05, 0.1) is 17.6 Å². The van der Waals surface area contributed by atoms with E-state index in [1.54, 1.807) is 0 Å². The summed E-state index contributed by atoms with van der Waals surface area (Å²) in [6.45, 7) is 8.14. The van der Waals surface area contributed by atoms with Crippen molar-refractivity contribution in [2.24, 2.45) is 34.0 Å². The number of carbonyl (C=O) groups is 2. The molecule has 4 fully saturated rings. The number of Topliss-reactive ketones (excluding diaryl/α,β-unsaturated/α-hetero) is 1. The Balaban J connectivity index is 1.88. The van der Waals surface area contributed by atoms with Crippen molar-refractivity contribution in [2.75, 3.05) is 0 Å². The van der Waals surface area contributed by atoms with Crippen LogP contribution in [0.25, 0.3) is 0 Å². The van der Waals surface area contributed by atoms with Gasteiger partial charge in [-0.25, -0.2) is 0 Å². The summed E-state index contributed by atoms with van der Waals surface area (Å²) in [6, 6.07) is 0. The maximum Gasteiger partial charge on any atom is 0.170 e. The summed E-state index contributed by atoms with van der Waals surface area (Å²) >= 11 is 0. The van der Waals surface area contributed by atoms with Gasteiger partial charge in [-0.3, -0.25) is 4.79 Å². The number of rotatable bonds is 1. The smallest absolute Gasteiger partial charge is 0.170 e. The summed E-state index contributed by atoms with van der Waals surface area (Å²) in [6.07, 6.45) is 4.11. The SMILES string of the molecule is C=C1C(=O)C23C(O)CC4C(C)(C=O)CCCC4(C)C2CCC1C3O. The van der Waals surface area contributed by atoms with E-state index in [0.717, 1.165) is 38.4 Å². The van der Waals surface area contributed by atoms with E-state index >= 15 is 0 Å². The lowest BCUT2D eigenvalue weighted by atomic mass is 9.40. The average molecular weight is 332 g/mol. The lowest BCUT2D eigenvalue weighted by Crippen LogP contribution is -2.67. The standard InChI is InChI=1S/C20H28O4/c1-11-12-5-6-13-19(3)8-4-7-18(2,10-21)14(19)9-15(22)20(13,16(11)23)17(12)24/h10,12-15,17,22,24H,1,4-9H2,2-3H3. The highest BCUT2D eigenvalue weighted by molar-refractivity contribution is 6.04. The first kappa shape index (κ1) is 16.5. The monoisotopic (exact) mass is 332 g/mol. The van der Waals surface area contributed by atoms with Crippen LogP contribution >= 0.6 is 0 Å². The Hall–Kier alpha value is -1.00. The number of ketones is 1. The highest BCUT2D eigenvalue weighted by Gasteiger charge is 2.73. The molecule has 2 bridgehead atoms. The Kier molecular flexibility index (Phi) is 3.29. The molecule has 0 radical (unpaired) electrons. The molecule has 0 heterocycles. The fraction of sp³-hybridized carbons (Fsp3) is 0.800. The minimum atomic E-state index is -1.09. The summed E-state index contributed by atoms with van der Waals surface area (Å²) in [5.41, 5.74) is -1.23. The van der Waals surface area contributed by atoms with Gasteiger partial charge in [-0.15, -0.1) is 0 Å². The fourth-order valence-electron chi connectivity index (χ4n) is 7.31. The van der Waals surface area contributed by atoms with Gasteiger partial charge in [-0.05, 0) is 54.9 Å². The first-order valence-electron chi connectivity index (χ1n) is 9.29. The van der Waals surface area contributed by atoms with Gasteiger partial charge in [0, 0.05) is 11.3 Å². The Morgan fingerprint density at radius 2 is 1.88 bits per heavy atom. The maximum absolute atomic E-state index is 13.1. The molecular formula is C20H28O4. The molecule has 4 saturated carbocycles. The maximum atomic E-state index is 13.1. The predicted molar refractivity (Wildman–Crippen MR) is 89.0 cm³/mol. The van der Waals surface area contributed by atoms with Crippen molar-refractivity contribution in [1.29, 1.82) is 0 Å². The molecule has 4 heteroatoms. The lowest BCUT2D eigenvalue weighted by molar-refractivity contribution is -0.224. The van der Waals surface area contributed by atoms with Gasteiger partial charge in [0.15, 0.2) is 5.78 Å². The molecule has 1 spiro atoms. The van der Waals surface area contributed by atoms with Crippen molar-refractivity contribution in [2.45, 2.75) is 64.6 Å². The van der Waals surface area contributed by atoms with Crippen molar-refractivity contribution < 1.29 is 19.8 Å². The normalized spacial score (nSPS) is 56.6. The molecule has 4 rings (SSSR count). The van der Waals surface area contributed by atoms with Crippen LogP contribution in [-0.4, -0.2) is 34.5 Å². The molecule has 0 aromatic heterocycles. The molecule has 24 heavy (non-hydrogen) atoms. The zero-order valence-corrected chi connectivity index (χ0v) is 14.6. The van der Waals surface area contributed by atoms with E-state index in [1.165, 1.54) is 0 Å². The second kappa shape index (κ2) is 4.79. The highest BCUT2D eigenvalue weighted by atomic mass is 16.3. The molecule has 132 valence electrons. The third-order valence-corrected chi connectivity index (χ3v) is 8.44. The fourth-order valence-corrected chi connectivity index (χ4v) is 7.31. The summed E-state index contributed by atoms with van der Waals surface area (Å²) < 4.78 is 0. The van der Waals surface area contributed by atoms with Crippen molar-refractivity contribution in [3.05, 3.63) is 12.2 Å². The second-order valence-electron chi connectivity index (χ2n) is 9.26. The number of aliphatic hydroxyl groups excluding tert-OH is 2. The quantitative estimate of drug-likeness (QED) is 0.571. The van der Waals surface area contributed by atoms with Gasteiger partial charge >= 0.3 is 0 Å². The molecule has 2 N–H and O–H groups in total. The summed E-state index contributed by atoms with van der Waals surface area (Å²) in [4.78, 5) is 25.0. The van der Waals surface area contributed by atoms with E-state index in [1.807, 2.05) is 6.92 Å². The average Bonchev–Trinajstić information content (AvgIpc) is 2.66. The van der Waals surface area contributed by atoms with Gasteiger partial charge in [-0.1, -0.05) is 26.8 Å². The van der Waals surface area contributed by atoms with E-state index in [2.05, 4.69) is 13.5 Å². The van der Waals surface area contributed by atoms with Gasteiger partial charge in [0.1, 0.15) is 6.29 Å². The first-order valence-corrected chi connectivity index (χ1v) is 9.29. The Labute approximate surface area is 143 Å². The number of carbonyl (C=O) groups excluding carboxylic acids is 2. The number of aliphatic hydroxyl groups is 2. The molecular weight excluding hydrogens is 304 g/mol. The van der Waals surface area contributed by atoms with Crippen LogP contribution in [0.1, 0.15) is 52.4 Å². The van der Waals surface area contributed by atoms with Crippen LogP contribution in [0.3, 0.4) is 0 Å². The van der Waals surface area contributed by atoms with Gasteiger partial charge in [-0.2, -0.15) is 0 Å². The van der Waals surface area contributed by atoms with E-state index in [9.17, 15) is 19.8 Å². The predicted octanol–water partition coefficient (Wildman–Crippen LogP) is 2.28. The third kappa shape index (κ3) is 1.58. The molecule has 8 atom stereocenters. The summed E-state index contributed by atoms with van der Waals surface area (Å²) in [7, 11) is 0. The molecule has 4 aliphatic carbocycles. The molecule has 8 unspecified atom stereocenters. The largest absolute Gasteiger partial charge is 0.392 e. The number of fused-ring (bicyclic) bond motifs is 3. The molecule has 0 aromatic rings. The van der Waals surface area contributed by atoms with E-state index in [0.29, 0.717) is 12.0 Å². The minimum absolute atomic E-state index is 0.0623. The van der Waals surface area contributed by atoms with Crippen LogP contribution < -0.4 is 0 Å². The van der Waals surface area contributed by atoms with Crippen molar-refractivity contribution in [3.8, 4) is 0 Å². The Bertz CT molecular complexity index is 627. The zero-order chi connectivity index (χ0) is 17.5. The van der Waals surface area contributed by atoms with Crippen LogP contribution in [0.15, 0.2) is 12.2 Å². The van der Waals surface area contributed by atoms with Crippen LogP contribution in [0.5, 0.6) is 0 Å². The van der Waals surface area contributed by atoms with E-state index in [4.69, 9.17) is 0 Å². The molecule has 0 saturated heterocycles. The van der Waals surface area contributed by atoms with Crippen molar-refractivity contribution in [1.82, 2.24) is 0 Å². The third-order valence-electron chi connectivity index (χ3n) is 8.44. The Morgan fingerprint density at radius 3 is 2.54 bits per heavy atom. The molecule has 0 aliphatic heterocycles.